The fourth-order valence-electron chi connectivity index (χ4n) is 2.09. The highest BCUT2D eigenvalue weighted by atomic mass is 32.1. The maximum atomic E-state index is 13.3. The first-order chi connectivity index (χ1) is 10.1. The molecule has 1 unspecified atom stereocenters. The monoisotopic (exact) mass is 308 g/mol. The van der Waals surface area contributed by atoms with E-state index in [4.69, 9.17) is 10.5 Å². The van der Waals surface area contributed by atoms with Crippen molar-refractivity contribution in [1.82, 2.24) is 4.98 Å². The standard InChI is InChI=1S/C16H21FN2OS/c1-3-4-16-19-14(10-21-16)9-20-15-6-5-13(17)8-12(15)7-11(2)18/h5-6,8,10-11H,3-4,7,9,18H2,1-2H3. The molecule has 1 aromatic heterocycles. The number of hydrogen-bond donors (Lipinski definition) is 1. The molecule has 0 bridgehead atoms. The van der Waals surface area contributed by atoms with Gasteiger partial charge in [-0.25, -0.2) is 9.37 Å². The molecule has 0 aliphatic rings. The third kappa shape index (κ3) is 4.79. The Bertz CT molecular complexity index is 583. The van der Waals surface area contributed by atoms with E-state index in [9.17, 15) is 4.39 Å². The number of benzene rings is 1. The van der Waals surface area contributed by atoms with Crippen LogP contribution in [0.5, 0.6) is 5.75 Å². The van der Waals surface area contributed by atoms with E-state index in [-0.39, 0.29) is 11.9 Å². The first kappa shape index (κ1) is 15.9. The van der Waals surface area contributed by atoms with Crippen molar-refractivity contribution < 1.29 is 9.13 Å². The number of halogens is 1. The van der Waals surface area contributed by atoms with Crippen molar-refractivity contribution in [2.45, 2.75) is 45.8 Å². The predicted molar refractivity (Wildman–Crippen MR) is 84.2 cm³/mol. The van der Waals surface area contributed by atoms with Crippen molar-refractivity contribution in [3.63, 3.8) is 0 Å². The van der Waals surface area contributed by atoms with Crippen LogP contribution in [0, 0.1) is 5.82 Å². The molecule has 0 saturated heterocycles. The molecule has 5 heteroatoms. The summed E-state index contributed by atoms with van der Waals surface area (Å²) in [5.41, 5.74) is 7.51. The highest BCUT2D eigenvalue weighted by molar-refractivity contribution is 7.09. The van der Waals surface area contributed by atoms with Crippen LogP contribution in [0.15, 0.2) is 23.6 Å². The van der Waals surface area contributed by atoms with E-state index in [1.165, 1.54) is 12.1 Å². The summed E-state index contributed by atoms with van der Waals surface area (Å²) in [6.07, 6.45) is 2.67. The molecule has 2 N–H and O–H groups in total. The fourth-order valence-corrected chi connectivity index (χ4v) is 2.98. The van der Waals surface area contributed by atoms with Crippen molar-refractivity contribution >= 4 is 11.3 Å². The molecule has 2 aromatic rings. The van der Waals surface area contributed by atoms with Crippen LogP contribution in [0.3, 0.4) is 0 Å². The van der Waals surface area contributed by atoms with Crippen LogP contribution in [-0.4, -0.2) is 11.0 Å². The van der Waals surface area contributed by atoms with Crippen LogP contribution in [0.2, 0.25) is 0 Å². The van der Waals surface area contributed by atoms with Gasteiger partial charge in [0.05, 0.1) is 10.7 Å². The van der Waals surface area contributed by atoms with Crippen molar-refractivity contribution in [2.75, 3.05) is 0 Å². The third-order valence-electron chi connectivity index (χ3n) is 3.00. The van der Waals surface area contributed by atoms with Crippen LogP contribution in [0.1, 0.15) is 36.5 Å². The normalized spacial score (nSPS) is 12.4. The Balaban J connectivity index is 2.04. The summed E-state index contributed by atoms with van der Waals surface area (Å²) in [6, 6.07) is 4.52. The molecule has 1 heterocycles. The van der Waals surface area contributed by atoms with Gasteiger partial charge in [-0.05, 0) is 49.9 Å². The van der Waals surface area contributed by atoms with E-state index in [2.05, 4.69) is 11.9 Å². The number of rotatable bonds is 7. The summed E-state index contributed by atoms with van der Waals surface area (Å²) >= 11 is 1.66. The first-order valence-corrected chi connectivity index (χ1v) is 8.06. The molecular weight excluding hydrogens is 287 g/mol. The molecule has 1 aromatic carbocycles. The number of hydrogen-bond acceptors (Lipinski definition) is 4. The number of ether oxygens (including phenoxy) is 1. The van der Waals surface area contributed by atoms with Gasteiger partial charge in [-0.3, -0.25) is 0 Å². The molecule has 0 aliphatic carbocycles. The van der Waals surface area contributed by atoms with Crippen LogP contribution in [-0.2, 0) is 19.4 Å². The molecule has 0 radical (unpaired) electrons. The molecule has 0 spiro atoms. The molecule has 0 fully saturated rings. The van der Waals surface area contributed by atoms with Gasteiger partial charge in [-0.2, -0.15) is 0 Å². The summed E-state index contributed by atoms with van der Waals surface area (Å²) in [5.74, 6) is 0.413. The first-order valence-electron chi connectivity index (χ1n) is 7.18. The van der Waals surface area contributed by atoms with E-state index in [1.54, 1.807) is 17.4 Å². The van der Waals surface area contributed by atoms with Crippen LogP contribution < -0.4 is 10.5 Å². The van der Waals surface area contributed by atoms with Gasteiger partial charge in [0.15, 0.2) is 0 Å². The maximum Gasteiger partial charge on any atom is 0.131 e. The van der Waals surface area contributed by atoms with Gasteiger partial charge in [0.25, 0.3) is 0 Å². The Labute approximate surface area is 129 Å². The van der Waals surface area contributed by atoms with Crippen LogP contribution >= 0.6 is 11.3 Å². The lowest BCUT2D eigenvalue weighted by Gasteiger charge is -2.12. The third-order valence-corrected chi connectivity index (χ3v) is 3.96. The fraction of sp³-hybridized carbons (Fsp3) is 0.438. The van der Waals surface area contributed by atoms with Crippen LogP contribution in [0.4, 0.5) is 4.39 Å². The second kappa shape index (κ2) is 7.52. The van der Waals surface area contributed by atoms with Crippen molar-refractivity contribution in [2.24, 2.45) is 5.73 Å². The summed E-state index contributed by atoms with van der Waals surface area (Å²) in [4.78, 5) is 4.52. The summed E-state index contributed by atoms with van der Waals surface area (Å²) in [7, 11) is 0. The van der Waals surface area contributed by atoms with Crippen LogP contribution in [0.25, 0.3) is 0 Å². The van der Waals surface area contributed by atoms with Gasteiger partial charge in [0.1, 0.15) is 18.2 Å². The average molecular weight is 308 g/mol. The Hall–Kier alpha value is -1.46. The highest BCUT2D eigenvalue weighted by Crippen LogP contribution is 2.23. The Kier molecular flexibility index (Phi) is 5.70. The van der Waals surface area contributed by atoms with Crippen molar-refractivity contribution in [1.29, 1.82) is 0 Å². The van der Waals surface area contributed by atoms with E-state index in [0.29, 0.717) is 18.8 Å². The maximum absolute atomic E-state index is 13.3. The predicted octanol–water partition coefficient (Wildman–Crippen LogP) is 3.70. The molecule has 21 heavy (non-hydrogen) atoms. The largest absolute Gasteiger partial charge is 0.487 e. The van der Waals surface area contributed by atoms with Crippen molar-refractivity contribution in [3.05, 3.63) is 45.7 Å². The Morgan fingerprint density at radius 2 is 2.24 bits per heavy atom. The smallest absolute Gasteiger partial charge is 0.131 e. The highest BCUT2D eigenvalue weighted by Gasteiger charge is 2.09. The summed E-state index contributed by atoms with van der Waals surface area (Å²) in [6.45, 7) is 4.43. The topological polar surface area (TPSA) is 48.1 Å². The minimum Gasteiger partial charge on any atom is -0.487 e. The SMILES string of the molecule is CCCc1nc(COc2ccc(F)cc2CC(C)N)cs1. The lowest BCUT2D eigenvalue weighted by atomic mass is 10.1. The number of nitrogens with zero attached hydrogens (tertiary/aromatic N) is 1. The van der Waals surface area contributed by atoms with Gasteiger partial charge in [0.2, 0.25) is 0 Å². The van der Waals surface area contributed by atoms with E-state index >= 15 is 0 Å². The summed E-state index contributed by atoms with van der Waals surface area (Å²) in [5, 5.41) is 3.14. The van der Waals surface area contributed by atoms with E-state index in [0.717, 1.165) is 29.1 Å². The van der Waals surface area contributed by atoms with E-state index < -0.39 is 0 Å². The second-order valence-corrected chi connectivity index (χ2v) is 6.15. The Morgan fingerprint density at radius 3 is 2.95 bits per heavy atom. The minimum atomic E-state index is -0.267. The summed E-state index contributed by atoms with van der Waals surface area (Å²) < 4.78 is 19.1. The number of thiazole rings is 1. The van der Waals surface area contributed by atoms with Gasteiger partial charge >= 0.3 is 0 Å². The molecule has 114 valence electrons. The van der Waals surface area contributed by atoms with Crippen molar-refractivity contribution in [3.8, 4) is 5.75 Å². The zero-order chi connectivity index (χ0) is 15.2. The number of nitrogens with two attached hydrogens (primary N) is 1. The van der Waals surface area contributed by atoms with Gasteiger partial charge in [-0.15, -0.1) is 11.3 Å². The lowest BCUT2D eigenvalue weighted by molar-refractivity contribution is 0.297. The van der Waals surface area contributed by atoms with E-state index in [1.807, 2.05) is 12.3 Å². The molecule has 2 rings (SSSR count). The quantitative estimate of drug-likeness (QED) is 0.848. The lowest BCUT2D eigenvalue weighted by Crippen LogP contribution is -2.18. The zero-order valence-electron chi connectivity index (χ0n) is 12.4. The molecular formula is C16H21FN2OS. The Morgan fingerprint density at radius 1 is 1.43 bits per heavy atom. The molecule has 3 nitrogen and oxygen atoms in total. The zero-order valence-corrected chi connectivity index (χ0v) is 13.3. The molecule has 0 amide bonds. The molecule has 0 aliphatic heterocycles. The van der Waals surface area contributed by atoms with Gasteiger partial charge in [-0.1, -0.05) is 6.92 Å². The average Bonchev–Trinajstić information content (AvgIpc) is 2.85. The molecule has 0 saturated carbocycles. The molecule has 1 atom stereocenters. The minimum absolute atomic E-state index is 0.0374. The number of aromatic nitrogens is 1. The van der Waals surface area contributed by atoms with Gasteiger partial charge in [0, 0.05) is 11.4 Å². The second-order valence-electron chi connectivity index (χ2n) is 5.20. The number of aryl methyl sites for hydroxylation is 1. The van der Waals surface area contributed by atoms with Gasteiger partial charge < -0.3 is 10.5 Å².